The summed E-state index contributed by atoms with van der Waals surface area (Å²) in [6, 6.07) is 15.3. The Bertz CT molecular complexity index is 903. The minimum Gasteiger partial charge on any atom is -0.497 e. The van der Waals surface area contributed by atoms with E-state index in [9.17, 15) is 0 Å². The summed E-state index contributed by atoms with van der Waals surface area (Å²) in [6.07, 6.45) is 2.06. The Hall–Kier alpha value is -2.86. The molecule has 2 heterocycles. The second-order valence-corrected chi connectivity index (χ2v) is 5.75. The fourth-order valence-electron chi connectivity index (χ4n) is 2.73. The first-order valence-electron chi connectivity index (χ1n) is 7.42. The second-order valence-electron chi connectivity index (χ2n) is 5.35. The number of benzene rings is 2. The minimum atomic E-state index is -0.179. The molecule has 0 fully saturated rings. The first-order valence-corrected chi connectivity index (χ1v) is 7.79. The van der Waals surface area contributed by atoms with Gasteiger partial charge in [0.05, 0.1) is 7.11 Å². The Morgan fingerprint density at radius 3 is 2.67 bits per heavy atom. The van der Waals surface area contributed by atoms with Gasteiger partial charge in [-0.3, -0.25) is 0 Å². The molecule has 0 aliphatic carbocycles. The summed E-state index contributed by atoms with van der Waals surface area (Å²) in [6.45, 7) is 0. The van der Waals surface area contributed by atoms with Gasteiger partial charge in [0, 0.05) is 10.7 Å². The molecule has 0 saturated carbocycles. The Morgan fingerprint density at radius 1 is 1.12 bits per heavy atom. The summed E-state index contributed by atoms with van der Waals surface area (Å²) in [7, 11) is 1.65. The normalized spacial score (nSPS) is 16.1. The fraction of sp³-hybridized carbons (Fsp3) is 0.118. The average molecular weight is 340 g/mol. The largest absolute Gasteiger partial charge is 0.497 e. The molecule has 0 spiro atoms. The molecule has 4 rings (SSSR count). The molecule has 1 aliphatic heterocycles. The third-order valence-corrected chi connectivity index (χ3v) is 4.30. The van der Waals surface area contributed by atoms with Gasteiger partial charge in [0.1, 0.15) is 11.8 Å². The van der Waals surface area contributed by atoms with Crippen LogP contribution in [0.15, 0.2) is 54.6 Å². The molecule has 0 bridgehead atoms. The van der Waals surface area contributed by atoms with Crippen LogP contribution in [0.3, 0.4) is 0 Å². The molecule has 2 aromatic carbocycles. The van der Waals surface area contributed by atoms with Crippen LogP contribution < -0.4 is 10.1 Å². The van der Waals surface area contributed by atoms with E-state index >= 15 is 0 Å². The molecule has 0 saturated heterocycles. The molecule has 1 aliphatic rings. The van der Waals surface area contributed by atoms with Gasteiger partial charge in [0.25, 0.3) is 0 Å². The number of aromatic nitrogens is 4. The highest BCUT2D eigenvalue weighted by Gasteiger charge is 2.25. The van der Waals surface area contributed by atoms with E-state index in [0.29, 0.717) is 11.0 Å². The number of anilines is 1. The maximum Gasteiger partial charge on any atom is 0.248 e. The highest BCUT2D eigenvalue weighted by atomic mass is 35.5. The van der Waals surface area contributed by atoms with Crippen LogP contribution in [0.4, 0.5) is 5.95 Å². The first-order chi connectivity index (χ1) is 11.8. The number of hydrogen-bond acceptors (Lipinski definition) is 5. The lowest BCUT2D eigenvalue weighted by molar-refractivity contribution is 0.415. The zero-order valence-electron chi connectivity index (χ0n) is 12.8. The van der Waals surface area contributed by atoms with E-state index in [2.05, 4.69) is 26.9 Å². The topological polar surface area (TPSA) is 64.9 Å². The lowest BCUT2D eigenvalue weighted by Gasteiger charge is -2.24. The van der Waals surface area contributed by atoms with Gasteiger partial charge in [-0.05, 0) is 58.0 Å². The van der Waals surface area contributed by atoms with Crippen molar-refractivity contribution in [2.24, 2.45) is 0 Å². The van der Waals surface area contributed by atoms with Crippen LogP contribution in [0.25, 0.3) is 5.70 Å². The Morgan fingerprint density at radius 2 is 1.92 bits per heavy atom. The van der Waals surface area contributed by atoms with Gasteiger partial charge in [0.15, 0.2) is 0 Å². The lowest BCUT2D eigenvalue weighted by Crippen LogP contribution is -2.20. The number of fused-ring (bicyclic) bond motifs is 1. The van der Waals surface area contributed by atoms with Crippen molar-refractivity contribution in [1.82, 2.24) is 20.2 Å². The van der Waals surface area contributed by atoms with Crippen molar-refractivity contribution in [3.63, 3.8) is 0 Å². The van der Waals surface area contributed by atoms with Crippen LogP contribution in [0.2, 0.25) is 5.02 Å². The second kappa shape index (κ2) is 5.98. The average Bonchev–Trinajstić information content (AvgIpc) is 3.10. The predicted octanol–water partition coefficient (Wildman–Crippen LogP) is 3.39. The summed E-state index contributed by atoms with van der Waals surface area (Å²) in [5, 5.41) is 15.8. The van der Waals surface area contributed by atoms with Gasteiger partial charge in [-0.2, -0.15) is 4.68 Å². The van der Waals surface area contributed by atoms with Gasteiger partial charge < -0.3 is 10.1 Å². The van der Waals surface area contributed by atoms with Gasteiger partial charge >= 0.3 is 0 Å². The molecule has 6 nitrogen and oxygen atoms in total. The van der Waals surface area contributed by atoms with Crippen molar-refractivity contribution in [1.29, 1.82) is 0 Å². The Balaban J connectivity index is 1.80. The third-order valence-electron chi connectivity index (χ3n) is 3.95. The van der Waals surface area contributed by atoms with Crippen LogP contribution in [-0.2, 0) is 0 Å². The molecule has 1 atom stereocenters. The Kier molecular flexibility index (Phi) is 3.66. The smallest absolute Gasteiger partial charge is 0.248 e. The first kappa shape index (κ1) is 14.7. The molecular formula is C17H14ClN5O. The van der Waals surface area contributed by atoms with Gasteiger partial charge in [0.2, 0.25) is 5.95 Å². The summed E-state index contributed by atoms with van der Waals surface area (Å²) >= 11 is 6.38. The van der Waals surface area contributed by atoms with Crippen LogP contribution in [0.5, 0.6) is 5.75 Å². The summed E-state index contributed by atoms with van der Waals surface area (Å²) in [5.41, 5.74) is 2.88. The molecule has 0 amide bonds. The highest BCUT2D eigenvalue weighted by Crippen LogP contribution is 2.34. The van der Waals surface area contributed by atoms with Crippen molar-refractivity contribution < 1.29 is 4.74 Å². The van der Waals surface area contributed by atoms with E-state index in [1.165, 1.54) is 0 Å². The van der Waals surface area contributed by atoms with Gasteiger partial charge in [-0.25, -0.2) is 0 Å². The van der Waals surface area contributed by atoms with Gasteiger partial charge in [-0.15, -0.1) is 0 Å². The minimum absolute atomic E-state index is 0.179. The molecule has 1 N–H and O–H groups in total. The number of allylic oxidation sites excluding steroid dienone is 1. The van der Waals surface area contributed by atoms with E-state index in [1.807, 2.05) is 48.5 Å². The van der Waals surface area contributed by atoms with E-state index < -0.39 is 0 Å². The lowest BCUT2D eigenvalue weighted by atomic mass is 10.0. The number of methoxy groups -OCH3 is 1. The predicted molar refractivity (Wildman–Crippen MR) is 92.0 cm³/mol. The van der Waals surface area contributed by atoms with Crippen molar-refractivity contribution in [2.75, 3.05) is 12.4 Å². The zero-order chi connectivity index (χ0) is 16.5. The number of ether oxygens (including phenoxy) is 1. The van der Waals surface area contributed by atoms with Crippen molar-refractivity contribution >= 4 is 23.2 Å². The molecular weight excluding hydrogens is 326 g/mol. The van der Waals surface area contributed by atoms with Crippen LogP contribution >= 0.6 is 11.6 Å². The van der Waals surface area contributed by atoms with E-state index in [0.717, 1.165) is 22.6 Å². The number of nitrogens with zero attached hydrogens (tertiary/aromatic N) is 4. The quantitative estimate of drug-likeness (QED) is 0.792. The number of hydrogen-bond donors (Lipinski definition) is 1. The highest BCUT2D eigenvalue weighted by molar-refractivity contribution is 6.31. The fourth-order valence-corrected chi connectivity index (χ4v) is 2.98. The number of halogens is 1. The molecule has 120 valence electrons. The molecule has 7 heteroatoms. The van der Waals surface area contributed by atoms with Crippen LogP contribution in [-0.4, -0.2) is 27.3 Å². The van der Waals surface area contributed by atoms with Crippen molar-refractivity contribution in [3.8, 4) is 5.75 Å². The van der Waals surface area contributed by atoms with Crippen LogP contribution in [0.1, 0.15) is 17.2 Å². The number of nitrogens with one attached hydrogen (secondary N) is 1. The van der Waals surface area contributed by atoms with Crippen molar-refractivity contribution in [3.05, 3.63) is 70.8 Å². The number of tetrazole rings is 1. The third kappa shape index (κ3) is 2.51. The zero-order valence-corrected chi connectivity index (χ0v) is 13.6. The molecule has 3 aromatic rings. The summed E-state index contributed by atoms with van der Waals surface area (Å²) in [4.78, 5) is 0. The molecule has 1 aromatic heterocycles. The van der Waals surface area contributed by atoms with E-state index in [-0.39, 0.29) is 6.04 Å². The van der Waals surface area contributed by atoms with E-state index in [1.54, 1.807) is 11.8 Å². The van der Waals surface area contributed by atoms with E-state index in [4.69, 9.17) is 16.3 Å². The number of rotatable bonds is 3. The Labute approximate surface area is 143 Å². The van der Waals surface area contributed by atoms with Crippen LogP contribution in [0, 0.1) is 0 Å². The maximum absolute atomic E-state index is 6.38. The molecule has 0 unspecified atom stereocenters. The summed E-state index contributed by atoms with van der Waals surface area (Å²) in [5.74, 6) is 1.39. The monoisotopic (exact) mass is 339 g/mol. The standard InChI is InChI=1S/C17H14ClN5O/c1-24-12-8-6-11(7-9-12)15-10-16(13-4-2-3-5-14(13)18)23-17(19-15)20-21-22-23/h2-10,16H,1H3,(H,19,20,22)/t16-/m0/s1. The molecule has 0 radical (unpaired) electrons. The SMILES string of the molecule is COc1ccc(C2=C[C@@H](c3ccccc3Cl)n3nnnc3N2)cc1. The summed E-state index contributed by atoms with van der Waals surface area (Å²) < 4.78 is 6.93. The van der Waals surface area contributed by atoms with Gasteiger partial charge in [-0.1, -0.05) is 34.9 Å². The van der Waals surface area contributed by atoms with Crippen molar-refractivity contribution in [2.45, 2.75) is 6.04 Å². The molecule has 24 heavy (non-hydrogen) atoms. The maximum atomic E-state index is 6.38.